The normalized spacial score (nSPS) is 17.6. The second-order valence-corrected chi connectivity index (χ2v) is 6.91. The molecule has 1 fully saturated rings. The molecule has 8 heteroatoms. The van der Waals surface area contributed by atoms with Crippen molar-refractivity contribution in [2.45, 2.75) is 19.4 Å². The zero-order valence-corrected chi connectivity index (χ0v) is 15.7. The summed E-state index contributed by atoms with van der Waals surface area (Å²) in [7, 11) is 0. The summed E-state index contributed by atoms with van der Waals surface area (Å²) in [6, 6.07) is 12.4. The maximum atomic E-state index is 13.0. The van der Waals surface area contributed by atoms with E-state index in [1.807, 2.05) is 0 Å². The van der Waals surface area contributed by atoms with E-state index in [1.165, 1.54) is 36.0 Å². The number of hydrogen-bond donors (Lipinski definition) is 2. The van der Waals surface area contributed by atoms with Gasteiger partial charge in [0, 0.05) is 0 Å². The van der Waals surface area contributed by atoms with Gasteiger partial charge >= 0.3 is 5.97 Å². The summed E-state index contributed by atoms with van der Waals surface area (Å²) in [6.07, 6.45) is 1.16. The molecule has 1 aliphatic heterocycles. The molecule has 1 aliphatic rings. The quantitative estimate of drug-likeness (QED) is 0.717. The maximum absolute atomic E-state index is 13.0. The Morgan fingerprint density at radius 1 is 1.25 bits per heavy atom. The van der Waals surface area contributed by atoms with E-state index in [1.54, 1.807) is 37.3 Å². The number of carboxylic acid groups (broad SMARTS) is 1. The molecule has 28 heavy (non-hydrogen) atoms. The van der Waals surface area contributed by atoms with Gasteiger partial charge in [0.1, 0.15) is 11.6 Å². The van der Waals surface area contributed by atoms with Crippen LogP contribution in [0.25, 0.3) is 6.08 Å². The fraction of sp³-hybridized carbons (Fsp3) is 0.150. The van der Waals surface area contributed by atoms with Gasteiger partial charge in [-0.3, -0.25) is 4.79 Å². The first-order valence-corrected chi connectivity index (χ1v) is 9.31. The molecule has 2 aromatic carbocycles. The van der Waals surface area contributed by atoms with Crippen LogP contribution in [-0.4, -0.2) is 28.3 Å². The van der Waals surface area contributed by atoms with Gasteiger partial charge in [-0.1, -0.05) is 19.1 Å². The largest absolute Gasteiger partial charge is 0.479 e. The molecular formula is C20H17FN2O4S. The van der Waals surface area contributed by atoms with E-state index in [2.05, 4.69) is 10.3 Å². The van der Waals surface area contributed by atoms with Crippen LogP contribution >= 0.6 is 11.8 Å². The van der Waals surface area contributed by atoms with Crippen LogP contribution in [0.15, 0.2) is 58.4 Å². The lowest BCUT2D eigenvalue weighted by atomic mass is 10.2. The standard InChI is InChI=1S/C20H17FN2O4S/c1-2-16(19(25)26)27-15-9-3-12(4-10-15)11-17-18(24)23-20(28-17)22-14-7-5-13(21)6-8-14/h3-11,16H,2H2,1H3,(H,25,26)(H,22,23,24)/b17-11+. The minimum atomic E-state index is -1.01. The van der Waals surface area contributed by atoms with Gasteiger partial charge in [-0.05, 0) is 66.2 Å². The Kier molecular flexibility index (Phi) is 6.10. The number of amides is 1. The van der Waals surface area contributed by atoms with E-state index in [-0.39, 0.29) is 11.7 Å². The number of amidine groups is 1. The second kappa shape index (κ2) is 8.71. The molecule has 2 N–H and O–H groups in total. The third kappa shape index (κ3) is 4.98. The molecule has 0 spiro atoms. The van der Waals surface area contributed by atoms with Gasteiger partial charge in [0.15, 0.2) is 11.3 Å². The number of aliphatic carboxylic acids is 1. The Bertz CT molecular complexity index is 940. The predicted octanol–water partition coefficient (Wildman–Crippen LogP) is 3.96. The number of nitrogens with zero attached hydrogens (tertiary/aromatic N) is 1. The van der Waals surface area contributed by atoms with Crippen LogP contribution in [0.4, 0.5) is 10.1 Å². The Labute approximate surface area is 165 Å². The van der Waals surface area contributed by atoms with E-state index in [0.717, 1.165) is 5.56 Å². The smallest absolute Gasteiger partial charge is 0.344 e. The van der Waals surface area contributed by atoms with Crippen molar-refractivity contribution in [1.29, 1.82) is 0 Å². The summed E-state index contributed by atoms with van der Waals surface area (Å²) in [5.41, 5.74) is 1.30. The summed E-state index contributed by atoms with van der Waals surface area (Å²) >= 11 is 1.18. The zero-order valence-electron chi connectivity index (χ0n) is 14.9. The highest BCUT2D eigenvalue weighted by Gasteiger charge is 2.24. The summed E-state index contributed by atoms with van der Waals surface area (Å²) in [6.45, 7) is 1.73. The first-order chi connectivity index (χ1) is 13.4. The molecule has 6 nitrogen and oxygen atoms in total. The van der Waals surface area contributed by atoms with Crippen LogP contribution in [0.5, 0.6) is 5.75 Å². The molecule has 1 heterocycles. The number of halogens is 1. The number of thioether (sulfide) groups is 1. The molecule has 0 saturated carbocycles. The first kappa shape index (κ1) is 19.6. The SMILES string of the molecule is CCC(Oc1ccc(/C=C2/SC(=Nc3ccc(F)cc3)NC2=O)cc1)C(=O)O. The van der Waals surface area contributed by atoms with Crippen molar-refractivity contribution in [2.75, 3.05) is 0 Å². The van der Waals surface area contributed by atoms with E-state index >= 15 is 0 Å². The third-order valence-corrected chi connectivity index (χ3v) is 4.72. The highest BCUT2D eigenvalue weighted by atomic mass is 32.2. The van der Waals surface area contributed by atoms with Gasteiger partial charge in [0.05, 0.1) is 10.6 Å². The van der Waals surface area contributed by atoms with Gasteiger partial charge < -0.3 is 15.2 Å². The van der Waals surface area contributed by atoms with Gasteiger partial charge in [-0.15, -0.1) is 0 Å². The average molecular weight is 400 g/mol. The Balaban J connectivity index is 1.70. The number of aliphatic imine (C=N–C) groups is 1. The number of benzene rings is 2. The average Bonchev–Trinajstić information content (AvgIpc) is 3.01. The number of nitrogens with one attached hydrogen (secondary N) is 1. The number of carboxylic acids is 1. The van der Waals surface area contributed by atoms with Gasteiger partial charge in [0.25, 0.3) is 5.91 Å². The molecule has 1 unspecified atom stereocenters. The van der Waals surface area contributed by atoms with Gasteiger partial charge in [-0.2, -0.15) is 0 Å². The topological polar surface area (TPSA) is 88.0 Å². The van der Waals surface area contributed by atoms with Crippen LogP contribution in [-0.2, 0) is 9.59 Å². The lowest BCUT2D eigenvalue weighted by molar-refractivity contribution is -0.145. The summed E-state index contributed by atoms with van der Waals surface area (Å²) in [4.78, 5) is 27.9. The van der Waals surface area contributed by atoms with Crippen LogP contribution < -0.4 is 10.1 Å². The number of carbonyl (C=O) groups is 2. The van der Waals surface area contributed by atoms with Crippen molar-refractivity contribution in [3.63, 3.8) is 0 Å². The van der Waals surface area contributed by atoms with Crippen LogP contribution in [0.3, 0.4) is 0 Å². The minimum Gasteiger partial charge on any atom is -0.479 e. The molecule has 0 radical (unpaired) electrons. The van der Waals surface area contributed by atoms with E-state index < -0.39 is 12.1 Å². The van der Waals surface area contributed by atoms with Crippen molar-refractivity contribution < 1.29 is 23.8 Å². The molecule has 0 aromatic heterocycles. The lowest BCUT2D eigenvalue weighted by Gasteiger charge is -2.13. The van der Waals surface area contributed by atoms with E-state index in [0.29, 0.717) is 27.9 Å². The third-order valence-electron chi connectivity index (χ3n) is 3.81. The van der Waals surface area contributed by atoms with E-state index in [9.17, 15) is 14.0 Å². The lowest BCUT2D eigenvalue weighted by Crippen LogP contribution is -2.25. The Morgan fingerprint density at radius 3 is 2.54 bits per heavy atom. The fourth-order valence-corrected chi connectivity index (χ4v) is 3.22. The van der Waals surface area contributed by atoms with Crippen molar-refractivity contribution in [3.8, 4) is 5.75 Å². The molecule has 144 valence electrons. The van der Waals surface area contributed by atoms with Crippen LogP contribution in [0.2, 0.25) is 0 Å². The molecular weight excluding hydrogens is 383 g/mol. The summed E-state index contributed by atoms with van der Waals surface area (Å²) in [5, 5.41) is 12.1. The van der Waals surface area contributed by atoms with Gasteiger partial charge in [-0.25, -0.2) is 14.2 Å². The zero-order chi connectivity index (χ0) is 20.1. The highest BCUT2D eigenvalue weighted by Crippen LogP contribution is 2.28. The maximum Gasteiger partial charge on any atom is 0.344 e. The number of rotatable bonds is 6. The molecule has 0 bridgehead atoms. The number of ether oxygens (including phenoxy) is 1. The fourth-order valence-electron chi connectivity index (χ4n) is 2.38. The molecule has 1 saturated heterocycles. The summed E-state index contributed by atoms with van der Waals surface area (Å²) in [5.74, 6) is -1.20. The minimum absolute atomic E-state index is 0.275. The van der Waals surface area contributed by atoms with Crippen molar-refractivity contribution in [2.24, 2.45) is 4.99 Å². The van der Waals surface area contributed by atoms with Crippen molar-refractivity contribution in [3.05, 3.63) is 64.8 Å². The molecule has 0 aliphatic carbocycles. The monoisotopic (exact) mass is 400 g/mol. The summed E-state index contributed by atoms with van der Waals surface area (Å²) < 4.78 is 18.4. The van der Waals surface area contributed by atoms with E-state index in [4.69, 9.17) is 9.84 Å². The molecule has 3 rings (SSSR count). The molecule has 1 amide bonds. The van der Waals surface area contributed by atoms with Crippen LogP contribution in [0.1, 0.15) is 18.9 Å². The number of hydrogen-bond acceptors (Lipinski definition) is 5. The highest BCUT2D eigenvalue weighted by molar-refractivity contribution is 8.18. The predicted molar refractivity (Wildman–Crippen MR) is 106 cm³/mol. The van der Waals surface area contributed by atoms with Gasteiger partial charge in [0.2, 0.25) is 0 Å². The Hall–Kier alpha value is -3.13. The van der Waals surface area contributed by atoms with Crippen molar-refractivity contribution >= 4 is 40.6 Å². The van der Waals surface area contributed by atoms with Crippen molar-refractivity contribution in [1.82, 2.24) is 5.32 Å². The number of carbonyl (C=O) groups excluding carboxylic acids is 1. The molecule has 2 aromatic rings. The van der Waals surface area contributed by atoms with Crippen LogP contribution in [0, 0.1) is 5.82 Å². The second-order valence-electron chi connectivity index (χ2n) is 5.88. The molecule has 1 atom stereocenters. The Morgan fingerprint density at radius 2 is 1.93 bits per heavy atom. The first-order valence-electron chi connectivity index (χ1n) is 8.49.